The summed E-state index contributed by atoms with van der Waals surface area (Å²) in [7, 11) is 0. The van der Waals surface area contributed by atoms with E-state index in [-0.39, 0.29) is 11.9 Å². The lowest BCUT2D eigenvalue weighted by molar-refractivity contribution is 0.0942. The Kier molecular flexibility index (Phi) is 2.84. The summed E-state index contributed by atoms with van der Waals surface area (Å²) in [5.74, 6) is 0.0835. The molecule has 0 radical (unpaired) electrons. The zero-order valence-corrected chi connectivity index (χ0v) is 10.2. The summed E-state index contributed by atoms with van der Waals surface area (Å²) in [5.41, 5.74) is 1.93. The van der Waals surface area contributed by atoms with Crippen molar-refractivity contribution in [1.82, 2.24) is 15.3 Å². The summed E-state index contributed by atoms with van der Waals surface area (Å²) < 4.78 is 0. The van der Waals surface area contributed by atoms with Crippen molar-refractivity contribution in [1.29, 1.82) is 5.26 Å². The maximum atomic E-state index is 12.1. The van der Waals surface area contributed by atoms with E-state index in [1.54, 1.807) is 30.6 Å². The van der Waals surface area contributed by atoms with E-state index in [9.17, 15) is 4.79 Å². The third kappa shape index (κ3) is 2.38. The maximum Gasteiger partial charge on any atom is 0.252 e. The van der Waals surface area contributed by atoms with Gasteiger partial charge in [-0.15, -0.1) is 0 Å². The minimum Gasteiger partial charge on any atom is -0.336 e. The highest BCUT2D eigenvalue weighted by molar-refractivity contribution is 5.97. The molecule has 1 saturated carbocycles. The molecule has 1 N–H and O–H groups in total. The largest absolute Gasteiger partial charge is 0.336 e. The lowest BCUT2D eigenvalue weighted by Gasteiger charge is -2.10. The Morgan fingerprint density at radius 2 is 2.05 bits per heavy atom. The molecule has 1 aliphatic rings. The van der Waals surface area contributed by atoms with Crippen LogP contribution in [-0.4, -0.2) is 21.9 Å². The highest BCUT2D eigenvalue weighted by Gasteiger charge is 2.32. The first-order chi connectivity index (χ1) is 9.28. The van der Waals surface area contributed by atoms with Gasteiger partial charge in [-0.2, -0.15) is 5.26 Å². The van der Waals surface area contributed by atoms with Crippen LogP contribution >= 0.6 is 0 Å². The van der Waals surface area contributed by atoms with E-state index < -0.39 is 0 Å². The van der Waals surface area contributed by atoms with Crippen molar-refractivity contribution < 1.29 is 4.79 Å². The van der Waals surface area contributed by atoms with Gasteiger partial charge >= 0.3 is 0 Å². The Bertz CT molecular complexity index is 672. The van der Waals surface area contributed by atoms with Crippen LogP contribution in [0, 0.1) is 17.2 Å². The van der Waals surface area contributed by atoms with Gasteiger partial charge in [0.15, 0.2) is 0 Å². The van der Waals surface area contributed by atoms with Gasteiger partial charge in [0.05, 0.1) is 17.1 Å². The predicted octanol–water partition coefficient (Wildman–Crippen LogP) is 1.66. The SMILES string of the molecule is N#CC(NC(=O)c1ccc2nccnc2c1)C1CC1. The third-order valence-corrected chi connectivity index (χ3v) is 3.25. The minimum atomic E-state index is -0.384. The standard InChI is InChI=1S/C14H12N4O/c15-8-13(9-1-2-9)18-14(19)10-3-4-11-12(7-10)17-6-5-16-11/h3-7,9,13H,1-2H2,(H,18,19). The van der Waals surface area contributed by atoms with Crippen LogP contribution in [0.15, 0.2) is 30.6 Å². The van der Waals surface area contributed by atoms with E-state index in [1.165, 1.54) is 0 Å². The first-order valence-corrected chi connectivity index (χ1v) is 6.19. The molecule has 1 aromatic carbocycles. The number of benzene rings is 1. The highest BCUT2D eigenvalue weighted by Crippen LogP contribution is 2.32. The first-order valence-electron chi connectivity index (χ1n) is 6.19. The molecule has 1 amide bonds. The Morgan fingerprint density at radius 3 is 2.74 bits per heavy atom. The third-order valence-electron chi connectivity index (χ3n) is 3.25. The zero-order valence-electron chi connectivity index (χ0n) is 10.2. The Labute approximate surface area is 110 Å². The van der Waals surface area contributed by atoms with Crippen molar-refractivity contribution in [3.8, 4) is 6.07 Å². The molecule has 19 heavy (non-hydrogen) atoms. The second-order valence-corrected chi connectivity index (χ2v) is 4.68. The summed E-state index contributed by atoms with van der Waals surface area (Å²) in [6.45, 7) is 0. The fourth-order valence-electron chi connectivity index (χ4n) is 2.01. The molecule has 2 aromatic rings. The number of carbonyl (C=O) groups excluding carboxylic acids is 1. The summed E-state index contributed by atoms with van der Waals surface area (Å²) >= 11 is 0. The van der Waals surface area contributed by atoms with E-state index in [4.69, 9.17) is 5.26 Å². The number of nitrogens with one attached hydrogen (secondary N) is 1. The molecule has 1 aromatic heterocycles. The van der Waals surface area contributed by atoms with E-state index in [0.717, 1.165) is 18.4 Å². The second kappa shape index (κ2) is 4.65. The van der Waals surface area contributed by atoms with Crippen molar-refractivity contribution in [3.05, 3.63) is 36.2 Å². The van der Waals surface area contributed by atoms with Gasteiger partial charge in [0.2, 0.25) is 0 Å². The Morgan fingerprint density at radius 1 is 1.32 bits per heavy atom. The quantitative estimate of drug-likeness (QED) is 0.901. The van der Waals surface area contributed by atoms with Gasteiger partial charge in [-0.3, -0.25) is 14.8 Å². The van der Waals surface area contributed by atoms with Crippen molar-refractivity contribution in [2.75, 3.05) is 0 Å². The van der Waals surface area contributed by atoms with Crippen LogP contribution in [0.4, 0.5) is 0 Å². The number of nitriles is 1. The normalized spacial score (nSPS) is 15.7. The van der Waals surface area contributed by atoms with Gasteiger partial charge in [-0.05, 0) is 37.0 Å². The average Bonchev–Trinajstić information content (AvgIpc) is 3.28. The van der Waals surface area contributed by atoms with Gasteiger partial charge in [-0.1, -0.05) is 0 Å². The highest BCUT2D eigenvalue weighted by atomic mass is 16.1. The topological polar surface area (TPSA) is 78.7 Å². The number of hydrogen-bond donors (Lipinski definition) is 1. The number of fused-ring (bicyclic) bond motifs is 1. The molecule has 1 heterocycles. The van der Waals surface area contributed by atoms with Crippen LogP contribution < -0.4 is 5.32 Å². The van der Waals surface area contributed by atoms with Crippen LogP contribution in [0.1, 0.15) is 23.2 Å². The fourth-order valence-corrected chi connectivity index (χ4v) is 2.01. The Balaban J connectivity index is 1.83. The molecule has 1 unspecified atom stereocenters. The molecule has 5 heteroatoms. The fraction of sp³-hybridized carbons (Fsp3) is 0.286. The van der Waals surface area contributed by atoms with Gasteiger partial charge in [0, 0.05) is 18.0 Å². The minimum absolute atomic E-state index is 0.231. The molecule has 0 bridgehead atoms. The van der Waals surface area contributed by atoms with Crippen LogP contribution in [-0.2, 0) is 0 Å². The smallest absolute Gasteiger partial charge is 0.252 e. The lowest BCUT2D eigenvalue weighted by atomic mass is 10.1. The number of amides is 1. The van der Waals surface area contributed by atoms with Crippen LogP contribution in [0.5, 0.6) is 0 Å². The summed E-state index contributed by atoms with van der Waals surface area (Å²) in [6.07, 6.45) is 5.23. The average molecular weight is 252 g/mol. The summed E-state index contributed by atoms with van der Waals surface area (Å²) in [4.78, 5) is 20.4. The van der Waals surface area contributed by atoms with Crippen molar-refractivity contribution in [2.45, 2.75) is 18.9 Å². The molecule has 0 spiro atoms. The van der Waals surface area contributed by atoms with Gasteiger partial charge in [0.1, 0.15) is 6.04 Å². The number of nitrogens with zero attached hydrogens (tertiary/aromatic N) is 3. The lowest BCUT2D eigenvalue weighted by Crippen LogP contribution is -2.35. The van der Waals surface area contributed by atoms with Crippen LogP contribution in [0.25, 0.3) is 11.0 Å². The first kappa shape index (κ1) is 11.6. The van der Waals surface area contributed by atoms with E-state index >= 15 is 0 Å². The van der Waals surface area contributed by atoms with E-state index in [0.29, 0.717) is 17.0 Å². The van der Waals surface area contributed by atoms with Crippen LogP contribution in [0.3, 0.4) is 0 Å². The van der Waals surface area contributed by atoms with Crippen molar-refractivity contribution in [3.63, 3.8) is 0 Å². The van der Waals surface area contributed by atoms with E-state index in [1.807, 2.05) is 0 Å². The molecule has 3 rings (SSSR count). The van der Waals surface area contributed by atoms with Gasteiger partial charge in [-0.25, -0.2) is 0 Å². The molecule has 0 aliphatic heterocycles. The summed E-state index contributed by atoms with van der Waals surface area (Å²) in [5, 5.41) is 11.8. The maximum absolute atomic E-state index is 12.1. The molecular weight excluding hydrogens is 240 g/mol. The van der Waals surface area contributed by atoms with Crippen molar-refractivity contribution in [2.24, 2.45) is 5.92 Å². The van der Waals surface area contributed by atoms with E-state index in [2.05, 4.69) is 21.4 Å². The molecule has 94 valence electrons. The molecule has 5 nitrogen and oxygen atoms in total. The zero-order chi connectivity index (χ0) is 13.2. The number of rotatable bonds is 3. The number of carbonyl (C=O) groups is 1. The molecule has 1 atom stereocenters. The van der Waals surface area contributed by atoms with Gasteiger partial charge in [0.25, 0.3) is 5.91 Å². The summed E-state index contributed by atoms with van der Waals surface area (Å²) in [6, 6.07) is 6.91. The predicted molar refractivity (Wildman–Crippen MR) is 69.1 cm³/mol. The second-order valence-electron chi connectivity index (χ2n) is 4.68. The molecule has 1 fully saturated rings. The van der Waals surface area contributed by atoms with Crippen molar-refractivity contribution >= 4 is 16.9 Å². The Hall–Kier alpha value is -2.48. The monoisotopic (exact) mass is 252 g/mol. The number of hydrogen-bond acceptors (Lipinski definition) is 4. The number of aromatic nitrogens is 2. The molecular formula is C14H12N4O. The molecule has 1 aliphatic carbocycles. The van der Waals surface area contributed by atoms with Gasteiger partial charge < -0.3 is 5.32 Å². The van der Waals surface area contributed by atoms with Crippen LogP contribution in [0.2, 0.25) is 0 Å². The molecule has 0 saturated heterocycles.